The van der Waals surface area contributed by atoms with Crippen LogP contribution >= 0.6 is 0 Å². The van der Waals surface area contributed by atoms with Gasteiger partial charge in [0.2, 0.25) is 11.9 Å². The van der Waals surface area contributed by atoms with Crippen LogP contribution in [0.5, 0.6) is 0 Å². The molecule has 0 atom stereocenters. The van der Waals surface area contributed by atoms with Crippen LogP contribution in [0.25, 0.3) is 22.0 Å². The van der Waals surface area contributed by atoms with Crippen molar-refractivity contribution in [1.29, 1.82) is 0 Å². The first-order valence-electron chi connectivity index (χ1n) is 11.5. The predicted octanol–water partition coefficient (Wildman–Crippen LogP) is 4.75. The third-order valence-electron chi connectivity index (χ3n) is 6.10. The molecule has 1 fully saturated rings. The largest absolute Gasteiger partial charge is 0.369 e. The lowest BCUT2D eigenvalue weighted by atomic mass is 10.0. The molecule has 0 bridgehead atoms. The van der Waals surface area contributed by atoms with Gasteiger partial charge in [-0.25, -0.2) is 9.97 Å². The van der Waals surface area contributed by atoms with Crippen molar-refractivity contribution in [3.63, 3.8) is 0 Å². The zero-order valence-electron chi connectivity index (χ0n) is 19.5. The summed E-state index contributed by atoms with van der Waals surface area (Å²) in [4.78, 5) is 25.5. The number of amides is 1. The summed E-state index contributed by atoms with van der Waals surface area (Å²) < 4.78 is 0. The number of nitrogens with one attached hydrogen (secondary N) is 2. The van der Waals surface area contributed by atoms with E-state index in [4.69, 9.17) is 4.98 Å². The van der Waals surface area contributed by atoms with Gasteiger partial charge in [0, 0.05) is 67.3 Å². The third kappa shape index (κ3) is 4.84. The first-order valence-corrected chi connectivity index (χ1v) is 11.5. The number of carbonyl (C=O) groups is 1. The normalized spacial score (nSPS) is 14.2. The van der Waals surface area contributed by atoms with Crippen molar-refractivity contribution in [2.45, 2.75) is 6.92 Å². The van der Waals surface area contributed by atoms with Crippen molar-refractivity contribution in [2.24, 2.45) is 0 Å². The predicted molar refractivity (Wildman–Crippen MR) is 139 cm³/mol. The van der Waals surface area contributed by atoms with Crippen LogP contribution in [-0.4, -0.2) is 54.0 Å². The maximum atomic E-state index is 11.3. The molecule has 0 spiro atoms. The number of fused-ring (bicyclic) bond motifs is 1. The Morgan fingerprint density at radius 2 is 1.68 bits per heavy atom. The van der Waals surface area contributed by atoms with Crippen LogP contribution in [0.4, 0.5) is 23.0 Å². The number of anilines is 4. The molecular formula is C27H28N6O. The molecule has 3 aromatic carbocycles. The lowest BCUT2D eigenvalue weighted by molar-refractivity contribution is -0.114. The average Bonchev–Trinajstić information content (AvgIpc) is 2.84. The number of para-hydroxylation sites is 1. The van der Waals surface area contributed by atoms with Gasteiger partial charge in [-0.05, 0) is 42.9 Å². The highest BCUT2D eigenvalue weighted by atomic mass is 16.1. The molecule has 0 saturated carbocycles. The lowest BCUT2D eigenvalue weighted by Gasteiger charge is -2.34. The van der Waals surface area contributed by atoms with E-state index in [1.165, 1.54) is 12.6 Å². The zero-order valence-corrected chi connectivity index (χ0v) is 19.5. The van der Waals surface area contributed by atoms with Gasteiger partial charge in [-0.1, -0.05) is 36.4 Å². The minimum Gasteiger partial charge on any atom is -0.369 e. The molecule has 1 aliphatic heterocycles. The molecular weight excluding hydrogens is 424 g/mol. The number of likely N-dealkylation sites (N-methyl/N-ethyl adjacent to an activating group) is 1. The first kappa shape index (κ1) is 21.9. The molecule has 1 aliphatic rings. The Hall–Kier alpha value is -3.97. The molecule has 34 heavy (non-hydrogen) atoms. The number of piperazine rings is 1. The molecule has 5 rings (SSSR count). The molecule has 0 unspecified atom stereocenters. The van der Waals surface area contributed by atoms with Gasteiger partial charge < -0.3 is 20.4 Å². The second kappa shape index (κ2) is 9.49. The van der Waals surface area contributed by atoms with E-state index >= 15 is 0 Å². The fourth-order valence-corrected chi connectivity index (χ4v) is 4.26. The second-order valence-electron chi connectivity index (χ2n) is 8.66. The van der Waals surface area contributed by atoms with Gasteiger partial charge in [-0.3, -0.25) is 4.79 Å². The SMILES string of the molecule is CC(=O)Nc1ccc(-c2cccc3cnc(Nc4cccc(N5CCN(C)CC5)c4)nc23)cc1. The van der Waals surface area contributed by atoms with Gasteiger partial charge >= 0.3 is 0 Å². The Balaban J connectivity index is 1.41. The number of hydrogen-bond acceptors (Lipinski definition) is 6. The summed E-state index contributed by atoms with van der Waals surface area (Å²) in [5, 5.41) is 7.17. The van der Waals surface area contributed by atoms with E-state index < -0.39 is 0 Å². The van der Waals surface area contributed by atoms with E-state index in [1.54, 1.807) is 0 Å². The minimum atomic E-state index is -0.0851. The van der Waals surface area contributed by atoms with Crippen molar-refractivity contribution >= 4 is 39.8 Å². The Bertz CT molecular complexity index is 1310. The summed E-state index contributed by atoms with van der Waals surface area (Å²) in [7, 11) is 2.16. The van der Waals surface area contributed by atoms with Crippen LogP contribution in [-0.2, 0) is 4.79 Å². The molecule has 7 nitrogen and oxygen atoms in total. The molecule has 7 heteroatoms. The number of carbonyl (C=O) groups excluding carboxylic acids is 1. The molecule has 4 aromatic rings. The quantitative estimate of drug-likeness (QED) is 0.455. The van der Waals surface area contributed by atoms with E-state index in [2.05, 4.69) is 56.7 Å². The molecule has 2 N–H and O–H groups in total. The highest BCUT2D eigenvalue weighted by Crippen LogP contribution is 2.29. The summed E-state index contributed by atoms with van der Waals surface area (Å²) in [5.74, 6) is 0.475. The summed E-state index contributed by atoms with van der Waals surface area (Å²) in [5.41, 5.74) is 5.87. The van der Waals surface area contributed by atoms with Gasteiger partial charge in [0.25, 0.3) is 0 Å². The van der Waals surface area contributed by atoms with Crippen molar-refractivity contribution in [3.05, 3.63) is 72.9 Å². The van der Waals surface area contributed by atoms with Crippen molar-refractivity contribution < 1.29 is 4.79 Å². The van der Waals surface area contributed by atoms with Crippen molar-refractivity contribution in [2.75, 3.05) is 48.8 Å². The maximum absolute atomic E-state index is 11.3. The van der Waals surface area contributed by atoms with E-state index in [-0.39, 0.29) is 5.91 Å². The standard InChI is InChI=1S/C27H28N6O/c1-19(34)29-22-11-9-20(10-12-22)25-8-3-5-21-18-28-27(31-26(21)25)30-23-6-4-7-24(17-23)33-15-13-32(2)14-16-33/h3-12,17-18H,13-16H2,1-2H3,(H,29,34)(H,28,30,31). The Morgan fingerprint density at radius 1 is 0.912 bits per heavy atom. The Labute approximate surface area is 199 Å². The van der Waals surface area contributed by atoms with Crippen LogP contribution < -0.4 is 15.5 Å². The summed E-state index contributed by atoms with van der Waals surface area (Å²) in [6, 6.07) is 22.3. The Kier molecular flexibility index (Phi) is 6.10. The molecule has 1 saturated heterocycles. The van der Waals surface area contributed by atoms with Gasteiger partial charge in [0.1, 0.15) is 0 Å². The highest BCUT2D eigenvalue weighted by molar-refractivity contribution is 5.94. The van der Waals surface area contributed by atoms with Crippen LogP contribution in [0.3, 0.4) is 0 Å². The summed E-state index contributed by atoms with van der Waals surface area (Å²) in [6.07, 6.45) is 1.85. The van der Waals surface area contributed by atoms with Gasteiger partial charge in [0.15, 0.2) is 0 Å². The molecule has 0 radical (unpaired) electrons. The minimum absolute atomic E-state index is 0.0851. The monoisotopic (exact) mass is 452 g/mol. The summed E-state index contributed by atoms with van der Waals surface area (Å²) in [6.45, 7) is 5.69. The number of nitrogens with zero attached hydrogens (tertiary/aromatic N) is 4. The van der Waals surface area contributed by atoms with Crippen LogP contribution in [0, 0.1) is 0 Å². The third-order valence-corrected chi connectivity index (χ3v) is 6.10. The van der Waals surface area contributed by atoms with Gasteiger partial charge in [0.05, 0.1) is 5.52 Å². The van der Waals surface area contributed by atoms with Gasteiger partial charge in [-0.15, -0.1) is 0 Å². The van der Waals surface area contributed by atoms with E-state index in [1.807, 2.05) is 48.7 Å². The van der Waals surface area contributed by atoms with E-state index in [9.17, 15) is 4.79 Å². The number of hydrogen-bond donors (Lipinski definition) is 2. The van der Waals surface area contributed by atoms with Crippen molar-refractivity contribution in [3.8, 4) is 11.1 Å². The topological polar surface area (TPSA) is 73.4 Å². The Morgan fingerprint density at radius 3 is 2.44 bits per heavy atom. The maximum Gasteiger partial charge on any atom is 0.227 e. The number of aromatic nitrogens is 2. The van der Waals surface area contributed by atoms with Crippen LogP contribution in [0.1, 0.15) is 6.92 Å². The molecule has 0 aliphatic carbocycles. The molecule has 1 aromatic heterocycles. The van der Waals surface area contributed by atoms with Gasteiger partial charge in [-0.2, -0.15) is 0 Å². The van der Waals surface area contributed by atoms with E-state index in [0.29, 0.717) is 5.95 Å². The molecule has 1 amide bonds. The van der Waals surface area contributed by atoms with Crippen LogP contribution in [0.15, 0.2) is 72.9 Å². The summed E-state index contributed by atoms with van der Waals surface area (Å²) >= 11 is 0. The fraction of sp³-hybridized carbons (Fsp3) is 0.222. The first-order chi connectivity index (χ1) is 16.5. The smallest absolute Gasteiger partial charge is 0.227 e. The second-order valence-corrected chi connectivity index (χ2v) is 8.66. The van der Waals surface area contributed by atoms with Crippen molar-refractivity contribution in [1.82, 2.24) is 14.9 Å². The zero-order chi connectivity index (χ0) is 23.5. The van der Waals surface area contributed by atoms with E-state index in [0.717, 1.165) is 59.6 Å². The lowest BCUT2D eigenvalue weighted by Crippen LogP contribution is -2.44. The highest BCUT2D eigenvalue weighted by Gasteiger charge is 2.15. The number of benzene rings is 3. The molecule has 2 heterocycles. The molecule has 172 valence electrons. The fourth-order valence-electron chi connectivity index (χ4n) is 4.26. The average molecular weight is 453 g/mol. The van der Waals surface area contributed by atoms with Crippen LogP contribution in [0.2, 0.25) is 0 Å². The number of rotatable bonds is 5.